The highest BCUT2D eigenvalue weighted by atomic mass is 35.5. The predicted molar refractivity (Wildman–Crippen MR) is 63.9 cm³/mol. The van der Waals surface area contributed by atoms with Gasteiger partial charge in [0.1, 0.15) is 5.94 Å². The van der Waals surface area contributed by atoms with Crippen LogP contribution in [0.5, 0.6) is 0 Å². The summed E-state index contributed by atoms with van der Waals surface area (Å²) in [6, 6.07) is 0. The Morgan fingerprint density at radius 2 is 2.41 bits per heavy atom. The molecule has 0 aromatic heterocycles. The Bertz CT molecular complexity index is 434. The quantitative estimate of drug-likeness (QED) is 0.553. The Morgan fingerprint density at radius 1 is 1.71 bits per heavy atom. The van der Waals surface area contributed by atoms with Gasteiger partial charge in [-0.2, -0.15) is 0 Å². The summed E-state index contributed by atoms with van der Waals surface area (Å²) in [7, 11) is 3.22. The Hall–Kier alpha value is -1.71. The zero-order valence-corrected chi connectivity index (χ0v) is 10.4. The summed E-state index contributed by atoms with van der Waals surface area (Å²) >= 11 is 6.05. The number of carbonyl (C=O) groups excluding carboxylic acids is 2. The molecule has 17 heavy (non-hydrogen) atoms. The molecule has 0 aliphatic carbocycles. The summed E-state index contributed by atoms with van der Waals surface area (Å²) in [6.07, 6.45) is 0.901. The number of dihydropyridines is 1. The van der Waals surface area contributed by atoms with Gasteiger partial charge in [0.2, 0.25) is 5.88 Å². The van der Waals surface area contributed by atoms with Crippen LogP contribution in [0.2, 0.25) is 0 Å². The van der Waals surface area contributed by atoms with Crippen LogP contribution in [-0.2, 0) is 14.3 Å². The van der Waals surface area contributed by atoms with Crippen molar-refractivity contribution in [2.24, 2.45) is 0 Å². The van der Waals surface area contributed by atoms with Gasteiger partial charge in [-0.05, 0) is 0 Å². The summed E-state index contributed by atoms with van der Waals surface area (Å²) in [5, 5.41) is 6.40. The summed E-state index contributed by atoms with van der Waals surface area (Å²) in [5.41, 5.74) is 1.25. The molecule has 92 valence electrons. The van der Waals surface area contributed by atoms with Crippen molar-refractivity contribution in [1.82, 2.24) is 10.6 Å². The van der Waals surface area contributed by atoms with E-state index in [0.29, 0.717) is 28.7 Å². The van der Waals surface area contributed by atoms with E-state index in [1.807, 2.05) is 0 Å². The number of hydrogen-bond acceptors (Lipinski definition) is 5. The predicted octanol–water partition coefficient (Wildman–Crippen LogP) is 0.464. The van der Waals surface area contributed by atoms with Gasteiger partial charge in [-0.3, -0.25) is 4.79 Å². The van der Waals surface area contributed by atoms with E-state index in [0.717, 1.165) is 6.08 Å². The molecule has 5 nitrogen and oxygen atoms in total. The zero-order valence-electron chi connectivity index (χ0n) is 9.59. The first-order chi connectivity index (χ1) is 8.13. The van der Waals surface area contributed by atoms with Crippen LogP contribution in [0, 0.1) is 0 Å². The number of rotatable bonds is 5. The second-order valence-corrected chi connectivity index (χ2v) is 3.76. The second kappa shape index (κ2) is 6.13. The molecule has 2 N–H and O–H groups in total. The molecule has 0 amide bonds. The third-order valence-corrected chi connectivity index (χ3v) is 2.65. The third kappa shape index (κ3) is 3.12. The number of ketones is 1. The van der Waals surface area contributed by atoms with Crippen molar-refractivity contribution in [1.29, 1.82) is 0 Å². The van der Waals surface area contributed by atoms with E-state index in [-0.39, 0.29) is 12.2 Å². The SMILES string of the molecule is CNC1=C(OC)NCC(Cl)=C1CC(=O)C=C=O. The molecule has 0 radical (unpaired) electrons. The maximum absolute atomic E-state index is 11.4. The average molecular weight is 257 g/mol. The lowest BCUT2D eigenvalue weighted by Crippen LogP contribution is -2.29. The van der Waals surface area contributed by atoms with Crippen molar-refractivity contribution in [3.63, 3.8) is 0 Å². The van der Waals surface area contributed by atoms with Gasteiger partial charge in [-0.25, -0.2) is 4.79 Å². The highest BCUT2D eigenvalue weighted by molar-refractivity contribution is 6.30. The van der Waals surface area contributed by atoms with Crippen LogP contribution in [0.15, 0.2) is 28.3 Å². The van der Waals surface area contributed by atoms with Gasteiger partial charge in [-0.15, -0.1) is 0 Å². The van der Waals surface area contributed by atoms with Gasteiger partial charge < -0.3 is 15.4 Å². The van der Waals surface area contributed by atoms with Crippen LogP contribution >= 0.6 is 11.6 Å². The Labute approximate surface area is 104 Å². The summed E-state index contributed by atoms with van der Waals surface area (Å²) in [4.78, 5) is 21.5. The van der Waals surface area contributed by atoms with Gasteiger partial charge in [0.25, 0.3) is 0 Å². The van der Waals surface area contributed by atoms with E-state index in [1.54, 1.807) is 7.05 Å². The van der Waals surface area contributed by atoms with E-state index in [1.165, 1.54) is 13.1 Å². The number of likely N-dealkylation sites (N-methyl/N-ethyl adjacent to an activating group) is 1. The number of hydrogen-bond donors (Lipinski definition) is 2. The monoisotopic (exact) mass is 256 g/mol. The minimum absolute atomic E-state index is 0.0405. The van der Waals surface area contributed by atoms with Crippen LogP contribution in [0.25, 0.3) is 0 Å². The van der Waals surface area contributed by atoms with E-state index >= 15 is 0 Å². The second-order valence-electron chi connectivity index (χ2n) is 3.30. The Balaban J connectivity index is 3.04. The molecule has 0 saturated carbocycles. The highest BCUT2D eigenvalue weighted by Crippen LogP contribution is 2.25. The van der Waals surface area contributed by atoms with Crippen LogP contribution in [0.1, 0.15) is 6.42 Å². The number of ether oxygens (including phenoxy) is 1. The molecule has 0 saturated heterocycles. The van der Waals surface area contributed by atoms with Crippen molar-refractivity contribution in [2.75, 3.05) is 20.7 Å². The Morgan fingerprint density at radius 3 is 2.94 bits per heavy atom. The molecule has 1 aliphatic rings. The molecule has 0 atom stereocenters. The van der Waals surface area contributed by atoms with Crippen LogP contribution in [0.4, 0.5) is 0 Å². The minimum atomic E-state index is -0.349. The minimum Gasteiger partial charge on any atom is -0.481 e. The molecule has 0 bridgehead atoms. The fourth-order valence-corrected chi connectivity index (χ4v) is 1.77. The molecular weight excluding hydrogens is 244 g/mol. The van der Waals surface area contributed by atoms with Gasteiger partial charge in [0.15, 0.2) is 5.78 Å². The van der Waals surface area contributed by atoms with E-state index in [2.05, 4.69) is 10.6 Å². The lowest BCUT2D eigenvalue weighted by atomic mass is 10.0. The largest absolute Gasteiger partial charge is 0.481 e. The lowest BCUT2D eigenvalue weighted by Gasteiger charge is -2.23. The first kappa shape index (κ1) is 13.4. The molecule has 0 spiro atoms. The first-order valence-electron chi connectivity index (χ1n) is 4.95. The third-order valence-electron chi connectivity index (χ3n) is 2.29. The normalized spacial score (nSPS) is 15.0. The maximum atomic E-state index is 11.4. The van der Waals surface area contributed by atoms with E-state index < -0.39 is 0 Å². The fourth-order valence-electron chi connectivity index (χ4n) is 1.54. The van der Waals surface area contributed by atoms with Gasteiger partial charge in [-0.1, -0.05) is 11.6 Å². The molecular formula is C11H13ClN2O3. The van der Waals surface area contributed by atoms with E-state index in [9.17, 15) is 9.59 Å². The number of nitrogens with one attached hydrogen (secondary N) is 2. The molecule has 1 aliphatic heterocycles. The number of halogens is 1. The van der Waals surface area contributed by atoms with Crippen LogP contribution < -0.4 is 10.6 Å². The molecule has 6 heteroatoms. The number of methoxy groups -OCH3 is 1. The maximum Gasteiger partial charge on any atom is 0.211 e. The van der Waals surface area contributed by atoms with Crippen molar-refractivity contribution >= 4 is 23.3 Å². The van der Waals surface area contributed by atoms with Gasteiger partial charge in [0.05, 0.1) is 25.4 Å². The average Bonchev–Trinajstić information content (AvgIpc) is 2.31. The molecule has 0 aromatic rings. The topological polar surface area (TPSA) is 67.4 Å². The Kier molecular flexibility index (Phi) is 4.82. The summed E-state index contributed by atoms with van der Waals surface area (Å²) < 4.78 is 5.13. The number of allylic oxidation sites excluding steroid dienone is 2. The molecule has 1 rings (SSSR count). The van der Waals surface area contributed by atoms with Crippen LogP contribution in [-0.4, -0.2) is 32.4 Å². The van der Waals surface area contributed by atoms with Crippen molar-refractivity contribution in [3.8, 4) is 0 Å². The smallest absolute Gasteiger partial charge is 0.211 e. The van der Waals surface area contributed by atoms with Gasteiger partial charge in [0, 0.05) is 24.1 Å². The standard InChI is InChI=1S/C11H13ClN2O3/c1-13-10-8(5-7(16)3-4-15)9(12)6-14-11(10)17-2/h3,13-14H,5-6H2,1-2H3. The van der Waals surface area contributed by atoms with Crippen molar-refractivity contribution in [3.05, 3.63) is 28.3 Å². The molecule has 0 fully saturated rings. The van der Waals surface area contributed by atoms with Crippen molar-refractivity contribution in [2.45, 2.75) is 6.42 Å². The summed E-state index contributed by atoms with van der Waals surface area (Å²) in [5.74, 6) is 1.63. The first-order valence-corrected chi connectivity index (χ1v) is 5.33. The van der Waals surface area contributed by atoms with Gasteiger partial charge >= 0.3 is 0 Å². The molecule has 1 heterocycles. The number of carbonyl (C=O) groups is 1. The lowest BCUT2D eigenvalue weighted by molar-refractivity contribution is -0.113. The van der Waals surface area contributed by atoms with Crippen LogP contribution in [0.3, 0.4) is 0 Å². The highest BCUT2D eigenvalue weighted by Gasteiger charge is 2.22. The van der Waals surface area contributed by atoms with Crippen molar-refractivity contribution < 1.29 is 14.3 Å². The van der Waals surface area contributed by atoms with E-state index in [4.69, 9.17) is 16.3 Å². The summed E-state index contributed by atoms with van der Waals surface area (Å²) in [6.45, 7) is 0.392. The fraction of sp³-hybridized carbons (Fsp3) is 0.364. The molecule has 0 aromatic carbocycles. The molecule has 0 unspecified atom stereocenters. The zero-order chi connectivity index (χ0) is 12.8.